The van der Waals surface area contributed by atoms with Gasteiger partial charge >= 0.3 is 0 Å². The van der Waals surface area contributed by atoms with E-state index in [2.05, 4.69) is 23.1 Å². The van der Waals surface area contributed by atoms with Gasteiger partial charge in [0, 0.05) is 19.6 Å². The van der Waals surface area contributed by atoms with Crippen molar-refractivity contribution >= 4 is 0 Å². The average Bonchev–Trinajstić information content (AvgIpc) is 2.25. The summed E-state index contributed by atoms with van der Waals surface area (Å²) in [5.74, 6) is 2.68. The fourth-order valence-electron chi connectivity index (χ4n) is 1.61. The zero-order chi connectivity index (χ0) is 10.2. The van der Waals surface area contributed by atoms with Crippen LogP contribution in [-0.2, 0) is 4.74 Å². The Morgan fingerprint density at radius 1 is 1.64 bits per heavy atom. The summed E-state index contributed by atoms with van der Waals surface area (Å²) < 4.78 is 5.61. The van der Waals surface area contributed by atoms with Crippen LogP contribution < -0.4 is 5.32 Å². The van der Waals surface area contributed by atoms with Crippen LogP contribution in [0.25, 0.3) is 0 Å². The summed E-state index contributed by atoms with van der Waals surface area (Å²) in [5, 5.41) is 3.32. The van der Waals surface area contributed by atoms with Crippen molar-refractivity contribution in [3.05, 3.63) is 0 Å². The van der Waals surface area contributed by atoms with Crippen molar-refractivity contribution in [3.8, 4) is 12.3 Å². The van der Waals surface area contributed by atoms with E-state index in [1.165, 1.54) is 0 Å². The van der Waals surface area contributed by atoms with Gasteiger partial charge in [-0.15, -0.1) is 6.42 Å². The van der Waals surface area contributed by atoms with Crippen molar-refractivity contribution in [2.45, 2.75) is 19.4 Å². The second kappa shape index (κ2) is 6.83. The van der Waals surface area contributed by atoms with Gasteiger partial charge in [-0.05, 0) is 13.0 Å². The smallest absolute Gasteiger partial charge is 0.0712 e. The van der Waals surface area contributed by atoms with Crippen LogP contribution in [-0.4, -0.2) is 50.3 Å². The first-order chi connectivity index (χ1) is 6.86. The van der Waals surface area contributed by atoms with Gasteiger partial charge in [0.15, 0.2) is 0 Å². The summed E-state index contributed by atoms with van der Waals surface area (Å²) in [7, 11) is 0. The van der Waals surface area contributed by atoms with Crippen LogP contribution in [0.1, 0.15) is 13.3 Å². The number of ether oxygens (including phenoxy) is 1. The molecule has 1 fully saturated rings. The summed E-state index contributed by atoms with van der Waals surface area (Å²) in [6.45, 7) is 7.74. The zero-order valence-electron chi connectivity index (χ0n) is 8.96. The molecule has 1 saturated heterocycles. The topological polar surface area (TPSA) is 24.5 Å². The normalized spacial score (nSPS) is 22.2. The molecule has 1 atom stereocenters. The third-order valence-corrected chi connectivity index (χ3v) is 2.53. The minimum absolute atomic E-state index is 0.371. The molecule has 1 unspecified atom stereocenters. The highest BCUT2D eigenvalue weighted by Crippen LogP contribution is 2.02. The van der Waals surface area contributed by atoms with Gasteiger partial charge in [-0.3, -0.25) is 4.90 Å². The maximum absolute atomic E-state index is 5.61. The van der Waals surface area contributed by atoms with Crippen LogP contribution in [0.5, 0.6) is 0 Å². The fraction of sp³-hybridized carbons (Fsp3) is 0.818. The van der Waals surface area contributed by atoms with E-state index in [0.29, 0.717) is 6.10 Å². The highest BCUT2D eigenvalue weighted by Gasteiger charge is 2.13. The molecule has 0 radical (unpaired) electrons. The second-order valence-electron chi connectivity index (χ2n) is 3.56. The molecule has 1 aliphatic rings. The van der Waals surface area contributed by atoms with Crippen LogP contribution in [0.2, 0.25) is 0 Å². The molecule has 1 heterocycles. The molecule has 0 spiro atoms. The minimum Gasteiger partial charge on any atom is -0.376 e. The van der Waals surface area contributed by atoms with Gasteiger partial charge in [0.1, 0.15) is 0 Å². The number of nitrogens with one attached hydrogen (secondary N) is 1. The van der Waals surface area contributed by atoms with Gasteiger partial charge in [-0.25, -0.2) is 0 Å². The Morgan fingerprint density at radius 3 is 3.07 bits per heavy atom. The van der Waals surface area contributed by atoms with Crippen molar-refractivity contribution < 1.29 is 4.74 Å². The Balaban J connectivity index is 2.14. The first-order valence-electron chi connectivity index (χ1n) is 5.35. The van der Waals surface area contributed by atoms with Crippen LogP contribution in [0.3, 0.4) is 0 Å². The van der Waals surface area contributed by atoms with E-state index >= 15 is 0 Å². The van der Waals surface area contributed by atoms with Gasteiger partial charge in [-0.1, -0.05) is 12.8 Å². The fourth-order valence-corrected chi connectivity index (χ4v) is 1.61. The van der Waals surface area contributed by atoms with Gasteiger partial charge in [0.25, 0.3) is 0 Å². The summed E-state index contributed by atoms with van der Waals surface area (Å²) in [6.07, 6.45) is 6.72. The molecule has 0 aromatic rings. The number of rotatable bonds is 5. The zero-order valence-corrected chi connectivity index (χ0v) is 8.96. The Bertz CT molecular complexity index is 182. The Morgan fingerprint density at radius 2 is 2.50 bits per heavy atom. The van der Waals surface area contributed by atoms with Crippen molar-refractivity contribution in [3.63, 3.8) is 0 Å². The molecule has 0 aromatic heterocycles. The summed E-state index contributed by atoms with van der Waals surface area (Å²) in [5.41, 5.74) is 0. The second-order valence-corrected chi connectivity index (χ2v) is 3.56. The monoisotopic (exact) mass is 196 g/mol. The van der Waals surface area contributed by atoms with E-state index in [1.54, 1.807) is 0 Å². The Hall–Kier alpha value is -0.560. The number of nitrogens with zero attached hydrogens (tertiary/aromatic N) is 1. The number of morpholine rings is 1. The lowest BCUT2D eigenvalue weighted by atomic mass is 10.2. The molecule has 0 saturated carbocycles. The van der Waals surface area contributed by atoms with Gasteiger partial charge in [-0.2, -0.15) is 0 Å². The molecule has 1 aliphatic heterocycles. The number of terminal acetylenes is 1. The van der Waals surface area contributed by atoms with Crippen LogP contribution >= 0.6 is 0 Å². The van der Waals surface area contributed by atoms with Gasteiger partial charge < -0.3 is 10.1 Å². The molecule has 0 bridgehead atoms. The molecular formula is C11H20N2O. The molecule has 3 heteroatoms. The lowest BCUT2D eigenvalue weighted by molar-refractivity contribution is 0.0184. The SMILES string of the molecule is C#CCN(CC)CCC1CNCCO1. The molecule has 0 aliphatic carbocycles. The largest absolute Gasteiger partial charge is 0.376 e. The average molecular weight is 196 g/mol. The van der Waals surface area contributed by atoms with Crippen LogP contribution in [0.4, 0.5) is 0 Å². The van der Waals surface area contributed by atoms with Crippen molar-refractivity contribution in [1.82, 2.24) is 10.2 Å². The van der Waals surface area contributed by atoms with Crippen molar-refractivity contribution in [2.24, 2.45) is 0 Å². The quantitative estimate of drug-likeness (QED) is 0.641. The summed E-state index contributed by atoms with van der Waals surface area (Å²) >= 11 is 0. The molecule has 14 heavy (non-hydrogen) atoms. The molecule has 1 N–H and O–H groups in total. The van der Waals surface area contributed by atoms with Gasteiger partial charge in [0.05, 0.1) is 19.3 Å². The Labute approximate surface area is 86.8 Å². The molecular weight excluding hydrogens is 176 g/mol. The van der Waals surface area contributed by atoms with E-state index in [4.69, 9.17) is 11.2 Å². The van der Waals surface area contributed by atoms with Crippen LogP contribution in [0.15, 0.2) is 0 Å². The molecule has 0 aromatic carbocycles. The summed E-state index contributed by atoms with van der Waals surface area (Å²) in [4.78, 5) is 2.26. The standard InChI is InChI=1S/C11H20N2O/c1-3-7-13(4-2)8-5-11-10-12-6-9-14-11/h1,11-12H,4-10H2,2H3. The maximum atomic E-state index is 5.61. The molecule has 3 nitrogen and oxygen atoms in total. The first-order valence-corrected chi connectivity index (χ1v) is 5.35. The predicted octanol–water partition coefficient (Wildman–Crippen LogP) is 0.320. The van der Waals surface area contributed by atoms with E-state index in [1.807, 2.05) is 0 Å². The number of hydrogen-bond donors (Lipinski definition) is 1. The van der Waals surface area contributed by atoms with Crippen molar-refractivity contribution in [2.75, 3.05) is 39.3 Å². The predicted molar refractivity (Wildman–Crippen MR) is 58.2 cm³/mol. The maximum Gasteiger partial charge on any atom is 0.0712 e. The first kappa shape index (κ1) is 11.5. The third kappa shape index (κ3) is 4.10. The van der Waals surface area contributed by atoms with E-state index < -0.39 is 0 Å². The molecule has 1 rings (SSSR count). The lowest BCUT2D eigenvalue weighted by Crippen LogP contribution is -2.40. The number of hydrogen-bond acceptors (Lipinski definition) is 3. The van der Waals surface area contributed by atoms with Crippen LogP contribution in [0, 0.1) is 12.3 Å². The third-order valence-electron chi connectivity index (χ3n) is 2.53. The van der Waals surface area contributed by atoms with E-state index in [9.17, 15) is 0 Å². The molecule has 80 valence electrons. The highest BCUT2D eigenvalue weighted by molar-refractivity contribution is 4.88. The lowest BCUT2D eigenvalue weighted by Gasteiger charge is -2.26. The minimum atomic E-state index is 0.371. The van der Waals surface area contributed by atoms with E-state index in [0.717, 1.165) is 45.8 Å². The summed E-state index contributed by atoms with van der Waals surface area (Å²) in [6, 6.07) is 0. The Kier molecular flexibility index (Phi) is 5.62. The van der Waals surface area contributed by atoms with Gasteiger partial charge in [0.2, 0.25) is 0 Å². The highest BCUT2D eigenvalue weighted by atomic mass is 16.5. The molecule has 0 amide bonds. The van der Waals surface area contributed by atoms with Crippen molar-refractivity contribution in [1.29, 1.82) is 0 Å². The van der Waals surface area contributed by atoms with E-state index in [-0.39, 0.29) is 0 Å².